The number of rotatable bonds is 4. The summed E-state index contributed by atoms with van der Waals surface area (Å²) in [6.45, 7) is -0.0117. The lowest BCUT2D eigenvalue weighted by molar-refractivity contribution is -0.136. The summed E-state index contributed by atoms with van der Waals surface area (Å²) >= 11 is 0. The van der Waals surface area contributed by atoms with Gasteiger partial charge in [0.05, 0.1) is 19.3 Å². The van der Waals surface area contributed by atoms with E-state index in [0.29, 0.717) is 17.9 Å². The van der Waals surface area contributed by atoms with E-state index < -0.39 is 17.4 Å². The van der Waals surface area contributed by atoms with Crippen molar-refractivity contribution < 1.29 is 19.4 Å². The van der Waals surface area contributed by atoms with Gasteiger partial charge in [-0.25, -0.2) is 0 Å². The lowest BCUT2D eigenvalue weighted by Crippen LogP contribution is -2.43. The van der Waals surface area contributed by atoms with Crippen LogP contribution in [-0.4, -0.2) is 30.6 Å². The van der Waals surface area contributed by atoms with E-state index in [2.05, 4.69) is 10.6 Å². The van der Waals surface area contributed by atoms with Gasteiger partial charge >= 0.3 is 11.8 Å². The molecule has 0 radical (unpaired) electrons. The molecule has 0 saturated heterocycles. The third kappa shape index (κ3) is 3.49. The number of methoxy groups -OCH3 is 1. The Morgan fingerprint density at radius 3 is 2.64 bits per heavy atom. The quantitative estimate of drug-likeness (QED) is 0.738. The molecule has 0 aromatic heterocycles. The number of aryl methyl sites for hydroxylation is 1. The molecule has 0 aliphatic heterocycles. The van der Waals surface area contributed by atoms with Crippen LogP contribution in [0.15, 0.2) is 48.5 Å². The molecule has 1 aliphatic rings. The summed E-state index contributed by atoms with van der Waals surface area (Å²) in [7, 11) is 1.48. The molecular formula is C19H20N2O4. The number of hydrogen-bond acceptors (Lipinski definition) is 4. The highest BCUT2D eigenvalue weighted by Crippen LogP contribution is 2.36. The second-order valence-electron chi connectivity index (χ2n) is 6.03. The Hall–Kier alpha value is -2.86. The highest BCUT2D eigenvalue weighted by atomic mass is 16.5. The second-order valence-corrected chi connectivity index (χ2v) is 6.03. The van der Waals surface area contributed by atoms with E-state index in [9.17, 15) is 14.7 Å². The fourth-order valence-electron chi connectivity index (χ4n) is 3.09. The van der Waals surface area contributed by atoms with Crippen LogP contribution in [0.3, 0.4) is 0 Å². The fourth-order valence-corrected chi connectivity index (χ4v) is 3.09. The molecule has 0 fully saturated rings. The van der Waals surface area contributed by atoms with Crippen LogP contribution in [0.25, 0.3) is 0 Å². The number of benzene rings is 2. The van der Waals surface area contributed by atoms with Crippen LogP contribution < -0.4 is 15.4 Å². The summed E-state index contributed by atoms with van der Waals surface area (Å²) < 4.78 is 5.14. The zero-order valence-electron chi connectivity index (χ0n) is 13.9. The number of aliphatic hydroxyl groups is 1. The predicted octanol–water partition coefficient (Wildman–Crippen LogP) is 1.58. The van der Waals surface area contributed by atoms with Gasteiger partial charge in [-0.15, -0.1) is 0 Å². The van der Waals surface area contributed by atoms with Crippen molar-refractivity contribution in [1.82, 2.24) is 5.32 Å². The van der Waals surface area contributed by atoms with Gasteiger partial charge in [-0.05, 0) is 36.1 Å². The third-order valence-electron chi connectivity index (χ3n) is 4.43. The van der Waals surface area contributed by atoms with E-state index >= 15 is 0 Å². The Morgan fingerprint density at radius 2 is 1.84 bits per heavy atom. The summed E-state index contributed by atoms with van der Waals surface area (Å²) in [4.78, 5) is 24.2. The molecule has 0 heterocycles. The van der Waals surface area contributed by atoms with Crippen molar-refractivity contribution in [3.8, 4) is 5.75 Å². The molecule has 0 saturated carbocycles. The monoisotopic (exact) mass is 340 g/mol. The molecule has 2 amide bonds. The Labute approximate surface area is 145 Å². The minimum atomic E-state index is -1.14. The third-order valence-corrected chi connectivity index (χ3v) is 4.43. The number of hydrogen-bond donors (Lipinski definition) is 3. The van der Waals surface area contributed by atoms with Crippen LogP contribution in [0.2, 0.25) is 0 Å². The standard InChI is InChI=1S/C19H20N2O4/c1-25-16-9-5-4-8-15(16)21-18(23)17(22)20-12-19(24)11-10-13-6-2-3-7-14(13)19/h2-9,24H,10-12H2,1H3,(H,20,22)(H,21,23)/t19-/m1/s1. The largest absolute Gasteiger partial charge is 0.495 e. The fraction of sp³-hybridized carbons (Fsp3) is 0.263. The first kappa shape index (κ1) is 17.0. The number of nitrogens with one attached hydrogen (secondary N) is 2. The van der Waals surface area contributed by atoms with E-state index in [4.69, 9.17) is 4.74 Å². The normalized spacial score (nSPS) is 18.3. The van der Waals surface area contributed by atoms with Gasteiger partial charge in [0.2, 0.25) is 0 Å². The maximum atomic E-state index is 12.1. The molecule has 130 valence electrons. The molecule has 1 aliphatic carbocycles. The SMILES string of the molecule is COc1ccccc1NC(=O)C(=O)NC[C@]1(O)CCc2ccccc21. The Kier molecular flexibility index (Phi) is 4.72. The number of anilines is 1. The molecule has 0 bridgehead atoms. The maximum absolute atomic E-state index is 12.1. The summed E-state index contributed by atoms with van der Waals surface area (Å²) in [5, 5.41) is 15.8. The molecule has 1 atom stereocenters. The molecule has 3 rings (SSSR count). The zero-order chi connectivity index (χ0) is 17.9. The van der Waals surface area contributed by atoms with Crippen LogP contribution in [0.5, 0.6) is 5.75 Å². The van der Waals surface area contributed by atoms with Gasteiger partial charge in [0.25, 0.3) is 0 Å². The number of fused-ring (bicyclic) bond motifs is 1. The lowest BCUT2D eigenvalue weighted by atomic mass is 9.96. The Morgan fingerprint density at radius 1 is 1.12 bits per heavy atom. The second kappa shape index (κ2) is 6.94. The molecule has 6 heteroatoms. The van der Waals surface area contributed by atoms with Crippen LogP contribution >= 0.6 is 0 Å². The van der Waals surface area contributed by atoms with Gasteiger partial charge in [-0.3, -0.25) is 9.59 Å². The predicted molar refractivity (Wildman–Crippen MR) is 93.3 cm³/mol. The van der Waals surface area contributed by atoms with Gasteiger partial charge in [0, 0.05) is 0 Å². The van der Waals surface area contributed by atoms with Crippen molar-refractivity contribution in [2.24, 2.45) is 0 Å². The van der Waals surface area contributed by atoms with Gasteiger partial charge in [-0.1, -0.05) is 36.4 Å². The lowest BCUT2D eigenvalue weighted by Gasteiger charge is -2.24. The first-order valence-electron chi connectivity index (χ1n) is 8.06. The first-order chi connectivity index (χ1) is 12.0. The molecule has 3 N–H and O–H groups in total. The molecule has 0 unspecified atom stereocenters. The van der Waals surface area contributed by atoms with E-state index in [0.717, 1.165) is 17.5 Å². The zero-order valence-corrected chi connectivity index (χ0v) is 13.9. The highest BCUT2D eigenvalue weighted by molar-refractivity contribution is 6.39. The minimum Gasteiger partial charge on any atom is -0.495 e. The van der Waals surface area contributed by atoms with Gasteiger partial charge in [0.15, 0.2) is 0 Å². The molecule has 25 heavy (non-hydrogen) atoms. The van der Waals surface area contributed by atoms with Crippen molar-refractivity contribution in [2.45, 2.75) is 18.4 Å². The minimum absolute atomic E-state index is 0.0117. The number of amides is 2. The van der Waals surface area contributed by atoms with Crippen molar-refractivity contribution in [2.75, 3.05) is 19.0 Å². The van der Waals surface area contributed by atoms with Crippen molar-refractivity contribution in [3.63, 3.8) is 0 Å². The Bertz CT molecular complexity index is 806. The van der Waals surface area contributed by atoms with Crippen LogP contribution in [0.1, 0.15) is 17.5 Å². The van der Waals surface area contributed by atoms with Crippen LogP contribution in [0.4, 0.5) is 5.69 Å². The van der Waals surface area contributed by atoms with E-state index in [1.54, 1.807) is 24.3 Å². The van der Waals surface area contributed by atoms with E-state index in [1.165, 1.54) is 7.11 Å². The summed E-state index contributed by atoms with van der Waals surface area (Å²) in [6.07, 6.45) is 1.26. The van der Waals surface area contributed by atoms with Crippen LogP contribution in [0, 0.1) is 0 Å². The number of ether oxygens (including phenoxy) is 1. The number of para-hydroxylation sites is 2. The average Bonchev–Trinajstić information content (AvgIpc) is 2.98. The first-order valence-corrected chi connectivity index (χ1v) is 8.06. The topological polar surface area (TPSA) is 87.7 Å². The van der Waals surface area contributed by atoms with Gasteiger partial charge < -0.3 is 20.5 Å². The molecule has 0 spiro atoms. The van der Waals surface area contributed by atoms with E-state index in [-0.39, 0.29) is 6.54 Å². The molecule has 2 aromatic rings. The Balaban J connectivity index is 1.62. The summed E-state index contributed by atoms with van der Waals surface area (Å²) in [5.74, 6) is -1.14. The smallest absolute Gasteiger partial charge is 0.313 e. The average molecular weight is 340 g/mol. The highest BCUT2D eigenvalue weighted by Gasteiger charge is 2.37. The van der Waals surface area contributed by atoms with Crippen molar-refractivity contribution in [3.05, 3.63) is 59.7 Å². The number of carbonyl (C=O) groups excluding carboxylic acids is 2. The van der Waals surface area contributed by atoms with Crippen molar-refractivity contribution >= 4 is 17.5 Å². The summed E-state index contributed by atoms with van der Waals surface area (Å²) in [6, 6.07) is 14.4. The van der Waals surface area contributed by atoms with Crippen LogP contribution in [-0.2, 0) is 21.6 Å². The van der Waals surface area contributed by atoms with Crippen molar-refractivity contribution in [1.29, 1.82) is 0 Å². The van der Waals surface area contributed by atoms with Gasteiger partial charge in [0.1, 0.15) is 11.4 Å². The summed E-state index contributed by atoms with van der Waals surface area (Å²) in [5.41, 5.74) is 1.14. The molecular weight excluding hydrogens is 320 g/mol. The van der Waals surface area contributed by atoms with Gasteiger partial charge in [-0.2, -0.15) is 0 Å². The van der Waals surface area contributed by atoms with E-state index in [1.807, 2.05) is 24.3 Å². The maximum Gasteiger partial charge on any atom is 0.313 e. The number of carbonyl (C=O) groups is 2. The molecule has 2 aromatic carbocycles. The molecule has 6 nitrogen and oxygen atoms in total.